The smallest absolute Gasteiger partial charge is 0.336 e. The highest BCUT2D eigenvalue weighted by Crippen LogP contribution is 2.20. The Morgan fingerprint density at radius 3 is 2.30 bits per heavy atom. The fourth-order valence-electron chi connectivity index (χ4n) is 1.68. The molecule has 2 aromatic rings. The van der Waals surface area contributed by atoms with E-state index in [1.165, 1.54) is 24.5 Å². The third-order valence-electron chi connectivity index (χ3n) is 2.63. The molecule has 1 N–H and O–H groups in total. The molecule has 100 valence electrons. The number of nitro groups is 1. The zero-order chi connectivity index (χ0) is 14.7. The molecular weight excluding hydrogens is 264 g/mol. The topological polar surface area (TPSA) is 110 Å². The van der Waals surface area contributed by atoms with Crippen molar-refractivity contribution in [3.8, 4) is 0 Å². The van der Waals surface area contributed by atoms with Gasteiger partial charge < -0.3 is 5.11 Å². The molecular formula is C13H8N2O5. The number of carbonyl (C=O) groups is 2. The molecule has 0 fully saturated rings. The number of hydrogen-bond donors (Lipinski definition) is 1. The van der Waals surface area contributed by atoms with Crippen molar-refractivity contribution in [3.63, 3.8) is 0 Å². The number of carboxylic acids is 1. The lowest BCUT2D eigenvalue weighted by atomic mass is 9.98. The second kappa shape index (κ2) is 5.27. The molecule has 0 aliphatic rings. The molecule has 7 nitrogen and oxygen atoms in total. The lowest BCUT2D eigenvalue weighted by Gasteiger charge is -2.05. The number of pyridine rings is 1. The van der Waals surface area contributed by atoms with Crippen LogP contribution in [-0.2, 0) is 0 Å². The van der Waals surface area contributed by atoms with E-state index in [1.54, 1.807) is 0 Å². The van der Waals surface area contributed by atoms with Crippen LogP contribution in [-0.4, -0.2) is 26.8 Å². The van der Waals surface area contributed by atoms with Gasteiger partial charge in [0.1, 0.15) is 0 Å². The number of rotatable bonds is 4. The molecule has 0 aliphatic carbocycles. The fourth-order valence-corrected chi connectivity index (χ4v) is 1.68. The molecule has 0 saturated heterocycles. The van der Waals surface area contributed by atoms with E-state index >= 15 is 0 Å². The monoisotopic (exact) mass is 272 g/mol. The van der Waals surface area contributed by atoms with Gasteiger partial charge in [-0.15, -0.1) is 0 Å². The SMILES string of the molecule is O=C(O)c1cc([N+](=O)[O-])ccc1C(=O)c1ccncc1. The minimum Gasteiger partial charge on any atom is -0.478 e. The Bertz CT molecular complexity index is 697. The van der Waals surface area contributed by atoms with Crippen LogP contribution >= 0.6 is 0 Å². The Balaban J connectivity index is 2.54. The van der Waals surface area contributed by atoms with Gasteiger partial charge in [-0.25, -0.2) is 4.79 Å². The van der Waals surface area contributed by atoms with Gasteiger partial charge in [-0.05, 0) is 18.2 Å². The first-order chi connectivity index (χ1) is 9.50. The summed E-state index contributed by atoms with van der Waals surface area (Å²) in [5.74, 6) is -1.93. The van der Waals surface area contributed by atoms with Crippen LogP contribution in [0.1, 0.15) is 26.3 Å². The van der Waals surface area contributed by atoms with Crippen molar-refractivity contribution in [2.45, 2.75) is 0 Å². The first-order valence-corrected chi connectivity index (χ1v) is 5.47. The quantitative estimate of drug-likeness (QED) is 0.517. The zero-order valence-electron chi connectivity index (χ0n) is 10.0. The van der Waals surface area contributed by atoms with Gasteiger partial charge in [0.2, 0.25) is 0 Å². The molecule has 7 heteroatoms. The van der Waals surface area contributed by atoms with E-state index in [-0.39, 0.29) is 16.8 Å². The number of carboxylic acid groups (broad SMARTS) is 1. The van der Waals surface area contributed by atoms with Gasteiger partial charge in [-0.3, -0.25) is 19.9 Å². The van der Waals surface area contributed by atoms with E-state index in [0.717, 1.165) is 18.2 Å². The zero-order valence-corrected chi connectivity index (χ0v) is 10.0. The van der Waals surface area contributed by atoms with Crippen LogP contribution in [0.3, 0.4) is 0 Å². The number of aromatic nitrogens is 1. The second-order valence-electron chi connectivity index (χ2n) is 3.86. The predicted molar refractivity (Wildman–Crippen MR) is 67.7 cm³/mol. The van der Waals surface area contributed by atoms with Crippen LogP contribution in [0.15, 0.2) is 42.7 Å². The van der Waals surface area contributed by atoms with Gasteiger partial charge in [0.25, 0.3) is 5.69 Å². The molecule has 0 atom stereocenters. The molecule has 1 aromatic carbocycles. The Labute approximate surface area is 112 Å². The lowest BCUT2D eigenvalue weighted by Crippen LogP contribution is -2.10. The Morgan fingerprint density at radius 2 is 1.75 bits per heavy atom. The summed E-state index contributed by atoms with van der Waals surface area (Å²) in [5.41, 5.74) is -0.625. The Hall–Kier alpha value is -3.09. The van der Waals surface area contributed by atoms with E-state index < -0.39 is 22.2 Å². The van der Waals surface area contributed by atoms with Gasteiger partial charge in [0.15, 0.2) is 5.78 Å². The fraction of sp³-hybridized carbons (Fsp3) is 0. The van der Waals surface area contributed by atoms with E-state index in [1.807, 2.05) is 0 Å². The number of nitro benzene ring substituents is 1. The molecule has 1 aromatic heterocycles. The van der Waals surface area contributed by atoms with E-state index in [2.05, 4.69) is 4.98 Å². The van der Waals surface area contributed by atoms with Crippen molar-refractivity contribution in [2.24, 2.45) is 0 Å². The van der Waals surface area contributed by atoms with Gasteiger partial charge >= 0.3 is 5.97 Å². The lowest BCUT2D eigenvalue weighted by molar-refractivity contribution is -0.384. The summed E-state index contributed by atoms with van der Waals surface area (Å²) in [6.45, 7) is 0. The first kappa shape index (κ1) is 13.3. The average molecular weight is 272 g/mol. The molecule has 0 saturated carbocycles. The summed E-state index contributed by atoms with van der Waals surface area (Å²) < 4.78 is 0. The summed E-state index contributed by atoms with van der Waals surface area (Å²) in [7, 11) is 0. The largest absolute Gasteiger partial charge is 0.478 e. The van der Waals surface area contributed by atoms with E-state index in [0.29, 0.717) is 0 Å². The van der Waals surface area contributed by atoms with Gasteiger partial charge in [-0.1, -0.05) is 0 Å². The first-order valence-electron chi connectivity index (χ1n) is 5.47. The summed E-state index contributed by atoms with van der Waals surface area (Å²) in [5, 5.41) is 19.7. The van der Waals surface area contributed by atoms with Crippen LogP contribution in [0.2, 0.25) is 0 Å². The molecule has 0 amide bonds. The average Bonchev–Trinajstić information content (AvgIpc) is 2.46. The maximum Gasteiger partial charge on any atom is 0.336 e. The van der Waals surface area contributed by atoms with Crippen LogP contribution in [0.4, 0.5) is 5.69 Å². The van der Waals surface area contributed by atoms with Crippen molar-refractivity contribution < 1.29 is 19.6 Å². The van der Waals surface area contributed by atoms with Crippen molar-refractivity contribution in [1.29, 1.82) is 0 Å². The number of benzene rings is 1. The van der Waals surface area contributed by atoms with E-state index in [9.17, 15) is 19.7 Å². The molecule has 0 aliphatic heterocycles. The Morgan fingerprint density at radius 1 is 1.10 bits per heavy atom. The number of aromatic carboxylic acids is 1. The molecule has 2 rings (SSSR count). The molecule has 0 bridgehead atoms. The molecule has 0 spiro atoms. The van der Waals surface area contributed by atoms with Crippen molar-refractivity contribution in [3.05, 3.63) is 69.5 Å². The normalized spacial score (nSPS) is 10.0. The van der Waals surface area contributed by atoms with Crippen LogP contribution in [0.5, 0.6) is 0 Å². The second-order valence-corrected chi connectivity index (χ2v) is 3.86. The van der Waals surface area contributed by atoms with Gasteiger partial charge in [-0.2, -0.15) is 0 Å². The third-order valence-corrected chi connectivity index (χ3v) is 2.63. The standard InChI is InChI=1S/C13H8N2O5/c16-12(8-3-5-14-6-4-8)10-2-1-9(15(19)20)7-11(10)13(17)18/h1-7H,(H,17,18). The number of hydrogen-bond acceptors (Lipinski definition) is 5. The minimum atomic E-state index is -1.40. The number of nitrogens with zero attached hydrogens (tertiary/aromatic N) is 2. The maximum atomic E-state index is 12.2. The third kappa shape index (κ3) is 2.51. The van der Waals surface area contributed by atoms with E-state index in [4.69, 9.17) is 5.11 Å². The molecule has 1 heterocycles. The minimum absolute atomic E-state index is 0.102. The number of ketones is 1. The molecule has 20 heavy (non-hydrogen) atoms. The highest BCUT2D eigenvalue weighted by Gasteiger charge is 2.21. The maximum absolute atomic E-state index is 12.2. The molecule has 0 unspecified atom stereocenters. The summed E-state index contributed by atoms with van der Waals surface area (Å²) >= 11 is 0. The van der Waals surface area contributed by atoms with Crippen LogP contribution < -0.4 is 0 Å². The van der Waals surface area contributed by atoms with Crippen molar-refractivity contribution >= 4 is 17.4 Å². The van der Waals surface area contributed by atoms with Crippen molar-refractivity contribution in [2.75, 3.05) is 0 Å². The number of non-ortho nitro benzene ring substituents is 1. The number of carbonyl (C=O) groups excluding carboxylic acids is 1. The Kier molecular flexibility index (Phi) is 3.52. The van der Waals surface area contributed by atoms with Crippen LogP contribution in [0, 0.1) is 10.1 Å². The summed E-state index contributed by atoms with van der Waals surface area (Å²) in [6.07, 6.45) is 2.80. The summed E-state index contributed by atoms with van der Waals surface area (Å²) in [6, 6.07) is 5.99. The molecule has 0 radical (unpaired) electrons. The summed E-state index contributed by atoms with van der Waals surface area (Å²) in [4.78, 5) is 37.0. The highest BCUT2D eigenvalue weighted by molar-refractivity contribution is 6.14. The van der Waals surface area contributed by atoms with Crippen LogP contribution in [0.25, 0.3) is 0 Å². The predicted octanol–water partition coefficient (Wildman–Crippen LogP) is 1.92. The van der Waals surface area contributed by atoms with Crippen molar-refractivity contribution in [1.82, 2.24) is 4.98 Å². The van der Waals surface area contributed by atoms with Gasteiger partial charge in [0.05, 0.1) is 10.5 Å². The van der Waals surface area contributed by atoms with Gasteiger partial charge in [0, 0.05) is 35.7 Å². The highest BCUT2D eigenvalue weighted by atomic mass is 16.6.